The molecule has 2 unspecified atom stereocenters. The molecule has 0 radical (unpaired) electrons. The quantitative estimate of drug-likeness (QED) is 0.928. The van der Waals surface area contributed by atoms with Crippen molar-refractivity contribution in [1.82, 2.24) is 4.90 Å². The first-order chi connectivity index (χ1) is 10.7. The van der Waals surface area contributed by atoms with Gasteiger partial charge in [-0.05, 0) is 36.7 Å². The first kappa shape index (κ1) is 14.3. The number of benzene rings is 1. The van der Waals surface area contributed by atoms with Crippen LogP contribution in [0.25, 0.3) is 0 Å². The number of likely N-dealkylation sites (tertiary alicyclic amines) is 1. The third-order valence-electron chi connectivity index (χ3n) is 6.81. The summed E-state index contributed by atoms with van der Waals surface area (Å²) in [6.07, 6.45) is 7.42. The van der Waals surface area contributed by atoms with Crippen molar-refractivity contribution >= 4 is 5.97 Å². The minimum Gasteiger partial charge on any atom is -0.481 e. The fourth-order valence-electron chi connectivity index (χ4n) is 5.68. The van der Waals surface area contributed by atoms with Crippen LogP contribution in [0.1, 0.15) is 44.1 Å². The summed E-state index contributed by atoms with van der Waals surface area (Å²) in [6.45, 7) is 2.60. The summed E-state index contributed by atoms with van der Waals surface area (Å²) in [7, 11) is 0. The van der Waals surface area contributed by atoms with Crippen molar-refractivity contribution in [1.29, 1.82) is 0 Å². The van der Waals surface area contributed by atoms with Crippen molar-refractivity contribution in [3.63, 3.8) is 0 Å². The minimum absolute atomic E-state index is 0.0475. The Morgan fingerprint density at radius 2 is 1.82 bits per heavy atom. The van der Waals surface area contributed by atoms with Crippen LogP contribution in [-0.2, 0) is 11.3 Å². The van der Waals surface area contributed by atoms with Gasteiger partial charge in [0.15, 0.2) is 0 Å². The zero-order valence-corrected chi connectivity index (χ0v) is 13.1. The van der Waals surface area contributed by atoms with E-state index in [0.29, 0.717) is 5.41 Å². The maximum Gasteiger partial charge on any atom is 0.308 e. The van der Waals surface area contributed by atoms with Crippen molar-refractivity contribution < 1.29 is 9.90 Å². The van der Waals surface area contributed by atoms with Crippen LogP contribution in [0.4, 0.5) is 0 Å². The molecule has 3 fully saturated rings. The molecule has 0 amide bonds. The fraction of sp³-hybridized carbons (Fsp3) is 0.632. The summed E-state index contributed by atoms with van der Waals surface area (Å²) in [6, 6.07) is 10.5. The van der Waals surface area contributed by atoms with Crippen LogP contribution in [0.15, 0.2) is 30.3 Å². The smallest absolute Gasteiger partial charge is 0.308 e. The van der Waals surface area contributed by atoms with Crippen molar-refractivity contribution in [2.45, 2.75) is 45.1 Å². The van der Waals surface area contributed by atoms with Gasteiger partial charge >= 0.3 is 5.97 Å². The van der Waals surface area contributed by atoms with Gasteiger partial charge in [0.1, 0.15) is 0 Å². The Bertz CT molecular complexity index is 566. The second-order valence-corrected chi connectivity index (χ2v) is 7.69. The van der Waals surface area contributed by atoms with Crippen LogP contribution in [0, 0.1) is 16.7 Å². The van der Waals surface area contributed by atoms with E-state index in [1.165, 1.54) is 37.7 Å². The lowest BCUT2D eigenvalue weighted by molar-refractivity contribution is -0.150. The Morgan fingerprint density at radius 1 is 1.14 bits per heavy atom. The number of carboxylic acids is 1. The normalized spacial score (nSPS) is 33.4. The molecule has 0 aromatic heterocycles. The number of carboxylic acid groups (broad SMARTS) is 1. The van der Waals surface area contributed by atoms with Crippen LogP contribution < -0.4 is 0 Å². The van der Waals surface area contributed by atoms with Crippen molar-refractivity contribution in [3.8, 4) is 0 Å². The van der Waals surface area contributed by atoms with Gasteiger partial charge in [-0.25, -0.2) is 0 Å². The molecule has 118 valence electrons. The molecule has 3 nitrogen and oxygen atoms in total. The van der Waals surface area contributed by atoms with Gasteiger partial charge in [-0.15, -0.1) is 0 Å². The van der Waals surface area contributed by atoms with Gasteiger partial charge in [-0.1, -0.05) is 43.2 Å². The standard InChI is InChI=1S/C19H25NO2/c21-17(22)16-13-20(12-15-6-2-1-3-7-15)14-19(16)11-5-10-18(19)8-4-9-18/h1-3,6-7,16H,4-5,8-14H2,(H,21,22). The largest absolute Gasteiger partial charge is 0.481 e. The van der Waals surface area contributed by atoms with Crippen molar-refractivity contribution in [2.75, 3.05) is 13.1 Å². The average molecular weight is 299 g/mol. The molecule has 2 spiro atoms. The van der Waals surface area contributed by atoms with Crippen LogP contribution in [0.3, 0.4) is 0 Å². The molecule has 1 aromatic carbocycles. The number of fused-ring (bicyclic) bond motifs is 1. The molecular formula is C19H25NO2. The molecule has 2 saturated carbocycles. The molecule has 3 heteroatoms. The lowest BCUT2D eigenvalue weighted by atomic mass is 9.51. The highest BCUT2D eigenvalue weighted by Gasteiger charge is 2.65. The molecule has 4 rings (SSSR count). The van der Waals surface area contributed by atoms with Crippen molar-refractivity contribution in [3.05, 3.63) is 35.9 Å². The molecule has 2 aliphatic carbocycles. The van der Waals surface area contributed by atoms with Crippen LogP contribution in [0.2, 0.25) is 0 Å². The Labute approximate surface area is 132 Å². The van der Waals surface area contributed by atoms with E-state index in [-0.39, 0.29) is 11.3 Å². The summed E-state index contributed by atoms with van der Waals surface area (Å²) < 4.78 is 0. The molecule has 1 heterocycles. The summed E-state index contributed by atoms with van der Waals surface area (Å²) in [5, 5.41) is 9.85. The predicted molar refractivity (Wildman–Crippen MR) is 85.4 cm³/mol. The molecular weight excluding hydrogens is 274 g/mol. The Kier molecular flexibility index (Phi) is 3.30. The van der Waals surface area contributed by atoms with Gasteiger partial charge in [0.2, 0.25) is 0 Å². The van der Waals surface area contributed by atoms with Gasteiger partial charge in [0.05, 0.1) is 5.92 Å². The zero-order valence-electron chi connectivity index (χ0n) is 13.1. The van der Waals surface area contributed by atoms with E-state index >= 15 is 0 Å². The highest BCUT2D eigenvalue weighted by Crippen LogP contribution is 2.68. The van der Waals surface area contributed by atoms with E-state index in [0.717, 1.165) is 26.1 Å². The number of nitrogens with zero attached hydrogens (tertiary/aromatic N) is 1. The summed E-state index contributed by atoms with van der Waals surface area (Å²) >= 11 is 0. The first-order valence-electron chi connectivity index (χ1n) is 8.64. The molecule has 1 saturated heterocycles. The van der Waals surface area contributed by atoms with E-state index < -0.39 is 5.97 Å². The lowest BCUT2D eigenvalue weighted by Crippen LogP contribution is -2.49. The summed E-state index contributed by atoms with van der Waals surface area (Å²) in [5.74, 6) is -0.734. The van der Waals surface area contributed by atoms with Gasteiger partial charge < -0.3 is 5.11 Å². The second-order valence-electron chi connectivity index (χ2n) is 7.69. The highest BCUT2D eigenvalue weighted by atomic mass is 16.4. The van der Waals surface area contributed by atoms with E-state index in [1.54, 1.807) is 0 Å². The third-order valence-corrected chi connectivity index (χ3v) is 6.81. The van der Waals surface area contributed by atoms with Gasteiger partial charge in [0, 0.05) is 25.0 Å². The van der Waals surface area contributed by atoms with E-state index in [2.05, 4.69) is 29.2 Å². The zero-order chi connectivity index (χ0) is 15.2. The second kappa shape index (κ2) is 5.09. The first-order valence-corrected chi connectivity index (χ1v) is 8.64. The van der Waals surface area contributed by atoms with Crippen LogP contribution in [0.5, 0.6) is 0 Å². The number of rotatable bonds is 3. The molecule has 2 atom stereocenters. The number of hydrogen-bond acceptors (Lipinski definition) is 2. The topological polar surface area (TPSA) is 40.5 Å². The Balaban J connectivity index is 1.60. The van der Waals surface area contributed by atoms with Gasteiger partial charge in [-0.3, -0.25) is 9.69 Å². The van der Waals surface area contributed by atoms with Gasteiger partial charge in [-0.2, -0.15) is 0 Å². The maximum absolute atomic E-state index is 12.0. The Hall–Kier alpha value is -1.35. The van der Waals surface area contributed by atoms with Gasteiger partial charge in [0.25, 0.3) is 0 Å². The SMILES string of the molecule is O=C(O)C1CN(Cc2ccccc2)CC12CCCC21CCC1. The van der Waals surface area contributed by atoms with E-state index in [9.17, 15) is 9.90 Å². The molecule has 0 bridgehead atoms. The van der Waals surface area contributed by atoms with Crippen molar-refractivity contribution in [2.24, 2.45) is 16.7 Å². The number of hydrogen-bond donors (Lipinski definition) is 1. The molecule has 22 heavy (non-hydrogen) atoms. The lowest BCUT2D eigenvalue weighted by Gasteiger charge is -2.52. The van der Waals surface area contributed by atoms with Crippen LogP contribution >= 0.6 is 0 Å². The molecule has 1 aromatic rings. The van der Waals surface area contributed by atoms with E-state index in [4.69, 9.17) is 0 Å². The highest BCUT2D eigenvalue weighted by molar-refractivity contribution is 5.72. The average Bonchev–Trinajstić information content (AvgIpc) is 3.02. The number of aliphatic carboxylic acids is 1. The fourth-order valence-corrected chi connectivity index (χ4v) is 5.68. The third kappa shape index (κ3) is 1.95. The summed E-state index contributed by atoms with van der Waals surface area (Å²) in [5.41, 5.74) is 1.69. The molecule has 3 aliphatic rings. The Morgan fingerprint density at radius 3 is 2.45 bits per heavy atom. The summed E-state index contributed by atoms with van der Waals surface area (Å²) in [4.78, 5) is 14.4. The molecule has 1 aliphatic heterocycles. The number of carbonyl (C=O) groups is 1. The molecule has 1 N–H and O–H groups in total. The van der Waals surface area contributed by atoms with E-state index in [1.807, 2.05) is 6.07 Å². The predicted octanol–water partition coefficient (Wildman–Crippen LogP) is 3.54. The monoisotopic (exact) mass is 299 g/mol. The minimum atomic E-state index is -0.566. The van der Waals surface area contributed by atoms with Crippen LogP contribution in [-0.4, -0.2) is 29.1 Å². The maximum atomic E-state index is 12.0.